The molecular weight excluding hydrogens is 246 g/mol. The summed E-state index contributed by atoms with van der Waals surface area (Å²) < 4.78 is 1.98. The van der Waals surface area contributed by atoms with Crippen LogP contribution in [-0.2, 0) is 19.5 Å². The summed E-state index contributed by atoms with van der Waals surface area (Å²) in [6, 6.07) is 0. The molecule has 1 N–H and O–H groups in total. The third kappa shape index (κ3) is 4.04. The topological polar surface area (TPSA) is 29.9 Å². The highest BCUT2D eigenvalue weighted by molar-refractivity contribution is 6.31. The average Bonchev–Trinajstić information content (AvgIpc) is 2.70. The molecule has 0 radical (unpaired) electrons. The van der Waals surface area contributed by atoms with Gasteiger partial charge in [-0.1, -0.05) is 18.5 Å². The van der Waals surface area contributed by atoms with Gasteiger partial charge in [0.25, 0.3) is 0 Å². The standard InChI is InChI=1S/C14H22ClN3/c1-4-7-8-9-10-16-11-13-14(15)12(5-2)17-18(13)6-3/h1,16H,5-11H2,2-3H3. The second-order valence-corrected chi connectivity index (χ2v) is 4.59. The van der Waals surface area contributed by atoms with Gasteiger partial charge in [-0.05, 0) is 32.7 Å². The van der Waals surface area contributed by atoms with E-state index in [0.29, 0.717) is 0 Å². The molecular formula is C14H22ClN3. The van der Waals surface area contributed by atoms with Gasteiger partial charge < -0.3 is 5.32 Å². The second kappa shape index (κ2) is 8.18. The Morgan fingerprint density at radius 3 is 2.78 bits per heavy atom. The zero-order valence-corrected chi connectivity index (χ0v) is 12.1. The van der Waals surface area contributed by atoms with Crippen LogP contribution < -0.4 is 5.32 Å². The maximum atomic E-state index is 6.32. The van der Waals surface area contributed by atoms with Gasteiger partial charge in [0.05, 0.1) is 16.4 Å². The van der Waals surface area contributed by atoms with Gasteiger partial charge >= 0.3 is 0 Å². The number of aryl methyl sites for hydroxylation is 2. The summed E-state index contributed by atoms with van der Waals surface area (Å²) in [4.78, 5) is 0. The molecule has 0 aliphatic heterocycles. The van der Waals surface area contributed by atoms with Crippen molar-refractivity contribution in [3.8, 4) is 12.3 Å². The number of rotatable bonds is 8. The zero-order chi connectivity index (χ0) is 13.4. The maximum Gasteiger partial charge on any atom is 0.0863 e. The van der Waals surface area contributed by atoms with Crippen molar-refractivity contribution in [3.05, 3.63) is 16.4 Å². The van der Waals surface area contributed by atoms with Crippen LogP contribution in [0.15, 0.2) is 0 Å². The van der Waals surface area contributed by atoms with Crippen molar-refractivity contribution < 1.29 is 0 Å². The molecule has 0 aliphatic rings. The summed E-state index contributed by atoms with van der Waals surface area (Å²) in [5, 5.41) is 8.71. The number of hydrogen-bond acceptors (Lipinski definition) is 2. The molecule has 3 nitrogen and oxygen atoms in total. The van der Waals surface area contributed by atoms with E-state index >= 15 is 0 Å². The minimum absolute atomic E-state index is 0.774. The number of terminal acetylenes is 1. The summed E-state index contributed by atoms with van der Waals surface area (Å²) in [6.07, 6.45) is 9.12. The lowest BCUT2D eigenvalue weighted by Gasteiger charge is -2.07. The molecule has 0 aliphatic carbocycles. The first-order valence-corrected chi connectivity index (χ1v) is 7.00. The fourth-order valence-electron chi connectivity index (χ4n) is 1.87. The van der Waals surface area contributed by atoms with E-state index in [0.717, 1.165) is 61.7 Å². The van der Waals surface area contributed by atoms with E-state index in [2.05, 4.69) is 30.2 Å². The van der Waals surface area contributed by atoms with Gasteiger partial charge in [0.15, 0.2) is 0 Å². The quantitative estimate of drug-likeness (QED) is 0.580. The Hall–Kier alpha value is -0.980. The molecule has 100 valence electrons. The minimum Gasteiger partial charge on any atom is -0.311 e. The molecule has 4 heteroatoms. The molecule has 0 unspecified atom stereocenters. The number of nitrogens with one attached hydrogen (secondary N) is 1. The first kappa shape index (κ1) is 15.1. The molecule has 0 saturated carbocycles. The van der Waals surface area contributed by atoms with Gasteiger partial charge in [-0.3, -0.25) is 4.68 Å². The average molecular weight is 268 g/mol. The first-order valence-electron chi connectivity index (χ1n) is 6.62. The van der Waals surface area contributed by atoms with E-state index in [9.17, 15) is 0 Å². The molecule has 18 heavy (non-hydrogen) atoms. The van der Waals surface area contributed by atoms with E-state index in [1.165, 1.54) is 0 Å². The van der Waals surface area contributed by atoms with E-state index in [1.807, 2.05) is 4.68 Å². The lowest BCUT2D eigenvalue weighted by Crippen LogP contribution is -2.18. The molecule has 0 amide bonds. The van der Waals surface area contributed by atoms with Crippen molar-refractivity contribution in [2.45, 2.75) is 52.6 Å². The Kier molecular flexibility index (Phi) is 6.85. The van der Waals surface area contributed by atoms with Crippen molar-refractivity contribution in [1.29, 1.82) is 0 Å². The Labute approximate surface area is 115 Å². The highest BCUT2D eigenvalue weighted by Gasteiger charge is 2.13. The molecule has 0 saturated heterocycles. The van der Waals surface area contributed by atoms with Gasteiger partial charge in [0, 0.05) is 19.5 Å². The Morgan fingerprint density at radius 1 is 1.39 bits per heavy atom. The lowest BCUT2D eigenvalue weighted by molar-refractivity contribution is 0.565. The van der Waals surface area contributed by atoms with Crippen LogP contribution in [0.4, 0.5) is 0 Å². The van der Waals surface area contributed by atoms with Crippen LogP contribution in [-0.4, -0.2) is 16.3 Å². The Bertz CT molecular complexity index is 404. The van der Waals surface area contributed by atoms with Crippen molar-refractivity contribution in [1.82, 2.24) is 15.1 Å². The van der Waals surface area contributed by atoms with Gasteiger partial charge in [0.2, 0.25) is 0 Å². The van der Waals surface area contributed by atoms with E-state index in [1.54, 1.807) is 0 Å². The van der Waals surface area contributed by atoms with Gasteiger partial charge in [-0.2, -0.15) is 5.10 Å². The highest BCUT2D eigenvalue weighted by atomic mass is 35.5. The zero-order valence-electron chi connectivity index (χ0n) is 11.3. The number of unbranched alkanes of at least 4 members (excludes halogenated alkanes) is 2. The number of nitrogens with zero attached hydrogens (tertiary/aromatic N) is 2. The fourth-order valence-corrected chi connectivity index (χ4v) is 2.21. The summed E-state index contributed by atoms with van der Waals surface area (Å²) >= 11 is 6.32. The molecule has 0 fully saturated rings. The highest BCUT2D eigenvalue weighted by Crippen LogP contribution is 2.21. The van der Waals surface area contributed by atoms with Gasteiger partial charge in [-0.25, -0.2) is 0 Å². The van der Waals surface area contributed by atoms with Crippen molar-refractivity contribution >= 4 is 11.6 Å². The van der Waals surface area contributed by atoms with Crippen molar-refractivity contribution in [2.75, 3.05) is 6.54 Å². The van der Waals surface area contributed by atoms with E-state index in [4.69, 9.17) is 18.0 Å². The smallest absolute Gasteiger partial charge is 0.0863 e. The van der Waals surface area contributed by atoms with Gasteiger partial charge in [-0.15, -0.1) is 12.3 Å². The van der Waals surface area contributed by atoms with Crippen molar-refractivity contribution in [2.24, 2.45) is 0 Å². The molecule has 1 rings (SSSR count). The van der Waals surface area contributed by atoms with E-state index in [-0.39, 0.29) is 0 Å². The van der Waals surface area contributed by atoms with Crippen LogP contribution in [0.3, 0.4) is 0 Å². The molecule has 0 bridgehead atoms. The second-order valence-electron chi connectivity index (χ2n) is 4.21. The van der Waals surface area contributed by atoms with Crippen LogP contribution in [0.1, 0.15) is 44.5 Å². The van der Waals surface area contributed by atoms with Crippen LogP contribution in [0.25, 0.3) is 0 Å². The third-order valence-electron chi connectivity index (χ3n) is 2.91. The number of hydrogen-bond donors (Lipinski definition) is 1. The molecule has 1 heterocycles. The first-order chi connectivity index (χ1) is 8.74. The largest absolute Gasteiger partial charge is 0.311 e. The van der Waals surface area contributed by atoms with Crippen molar-refractivity contribution in [3.63, 3.8) is 0 Å². The maximum absolute atomic E-state index is 6.32. The summed E-state index contributed by atoms with van der Waals surface area (Å²) in [6.45, 7) is 6.75. The number of aromatic nitrogens is 2. The minimum atomic E-state index is 0.774. The summed E-state index contributed by atoms with van der Waals surface area (Å²) in [5.41, 5.74) is 2.08. The number of halogens is 1. The van der Waals surface area contributed by atoms with Crippen LogP contribution in [0.5, 0.6) is 0 Å². The normalized spacial score (nSPS) is 10.6. The van der Waals surface area contributed by atoms with Crippen LogP contribution in [0, 0.1) is 12.3 Å². The fraction of sp³-hybridized carbons (Fsp3) is 0.643. The molecule has 0 aromatic carbocycles. The summed E-state index contributed by atoms with van der Waals surface area (Å²) in [5.74, 6) is 2.65. The lowest BCUT2D eigenvalue weighted by atomic mass is 10.2. The third-order valence-corrected chi connectivity index (χ3v) is 3.35. The monoisotopic (exact) mass is 267 g/mol. The SMILES string of the molecule is C#CCCCCNCc1c(Cl)c(CC)nn1CC. The molecule has 1 aromatic rings. The molecule has 0 atom stereocenters. The predicted octanol–water partition coefficient (Wildman–Crippen LogP) is 3.01. The van der Waals surface area contributed by atoms with Crippen LogP contribution >= 0.6 is 11.6 Å². The Balaban J connectivity index is 2.46. The summed E-state index contributed by atoms with van der Waals surface area (Å²) in [7, 11) is 0. The molecule has 0 spiro atoms. The Morgan fingerprint density at radius 2 is 2.17 bits per heavy atom. The van der Waals surface area contributed by atoms with Crippen LogP contribution in [0.2, 0.25) is 5.02 Å². The predicted molar refractivity (Wildman–Crippen MR) is 76.7 cm³/mol. The molecule has 1 aromatic heterocycles. The van der Waals surface area contributed by atoms with Gasteiger partial charge in [0.1, 0.15) is 0 Å². The van der Waals surface area contributed by atoms with E-state index < -0.39 is 0 Å².